The van der Waals surface area contributed by atoms with Gasteiger partial charge in [-0.2, -0.15) is 0 Å². The SMILES string of the molecule is CCC[C@@H](C)N1CC[C@]23CCCCC2C1Cc1ccc(O)cc13. The molecular formula is C21H31NO. The molecule has 1 aromatic rings. The molecule has 4 atom stereocenters. The van der Waals surface area contributed by atoms with Crippen LogP contribution in [0.3, 0.4) is 0 Å². The van der Waals surface area contributed by atoms with Crippen molar-refractivity contribution in [2.75, 3.05) is 6.54 Å². The van der Waals surface area contributed by atoms with E-state index >= 15 is 0 Å². The lowest BCUT2D eigenvalue weighted by Crippen LogP contribution is -2.62. The van der Waals surface area contributed by atoms with Crippen molar-refractivity contribution in [3.8, 4) is 5.75 Å². The zero-order chi connectivity index (χ0) is 16.0. The summed E-state index contributed by atoms with van der Waals surface area (Å²) in [6, 6.07) is 7.65. The van der Waals surface area contributed by atoms with Crippen LogP contribution in [0, 0.1) is 5.92 Å². The molecule has 1 aliphatic heterocycles. The Kier molecular flexibility index (Phi) is 3.91. The third-order valence-electron chi connectivity index (χ3n) is 7.14. The normalized spacial score (nSPS) is 34.5. The second-order valence-electron chi connectivity index (χ2n) is 8.25. The zero-order valence-corrected chi connectivity index (χ0v) is 14.7. The van der Waals surface area contributed by atoms with Crippen molar-refractivity contribution in [3.63, 3.8) is 0 Å². The largest absolute Gasteiger partial charge is 0.508 e. The summed E-state index contributed by atoms with van der Waals surface area (Å²) in [5.74, 6) is 1.27. The van der Waals surface area contributed by atoms with Crippen LogP contribution in [-0.2, 0) is 11.8 Å². The predicted octanol–water partition coefficient (Wildman–Crippen LogP) is 4.64. The number of phenolic OH excluding ortho intramolecular Hbond substituents is 1. The minimum atomic E-state index is 0.359. The number of fused-ring (bicyclic) bond motifs is 1. The number of nitrogens with zero attached hydrogens (tertiary/aromatic N) is 1. The Morgan fingerprint density at radius 2 is 2.17 bits per heavy atom. The van der Waals surface area contributed by atoms with Crippen molar-refractivity contribution in [1.29, 1.82) is 0 Å². The van der Waals surface area contributed by atoms with Crippen molar-refractivity contribution in [2.45, 2.75) is 82.7 Å². The Bertz CT molecular complexity index is 583. The summed E-state index contributed by atoms with van der Waals surface area (Å²) in [5.41, 5.74) is 3.37. The second kappa shape index (κ2) is 5.81. The molecular weight excluding hydrogens is 282 g/mol. The van der Waals surface area contributed by atoms with E-state index in [9.17, 15) is 5.11 Å². The van der Waals surface area contributed by atoms with E-state index in [1.807, 2.05) is 6.07 Å². The molecule has 126 valence electrons. The second-order valence-corrected chi connectivity index (χ2v) is 8.25. The average Bonchev–Trinajstić information content (AvgIpc) is 2.56. The van der Waals surface area contributed by atoms with Gasteiger partial charge in [-0.3, -0.25) is 4.90 Å². The lowest BCUT2D eigenvalue weighted by Gasteiger charge is -2.60. The van der Waals surface area contributed by atoms with E-state index in [-0.39, 0.29) is 0 Å². The quantitative estimate of drug-likeness (QED) is 0.879. The van der Waals surface area contributed by atoms with Crippen LogP contribution in [0.2, 0.25) is 0 Å². The number of rotatable bonds is 3. The van der Waals surface area contributed by atoms with Crippen molar-refractivity contribution in [3.05, 3.63) is 29.3 Å². The molecule has 3 aliphatic rings. The van der Waals surface area contributed by atoms with Crippen LogP contribution in [0.1, 0.15) is 69.9 Å². The molecule has 1 saturated heterocycles. The first kappa shape index (κ1) is 15.5. The maximum atomic E-state index is 10.1. The fourth-order valence-corrected chi connectivity index (χ4v) is 6.15. The smallest absolute Gasteiger partial charge is 0.115 e. The molecule has 2 aliphatic carbocycles. The van der Waals surface area contributed by atoms with Gasteiger partial charge in [0.15, 0.2) is 0 Å². The van der Waals surface area contributed by atoms with E-state index in [4.69, 9.17) is 0 Å². The molecule has 2 fully saturated rings. The van der Waals surface area contributed by atoms with Crippen LogP contribution in [0.15, 0.2) is 18.2 Å². The van der Waals surface area contributed by atoms with Gasteiger partial charge in [0.05, 0.1) is 0 Å². The first-order valence-corrected chi connectivity index (χ1v) is 9.74. The van der Waals surface area contributed by atoms with Crippen LogP contribution in [0.25, 0.3) is 0 Å². The van der Waals surface area contributed by atoms with Crippen molar-refractivity contribution >= 4 is 0 Å². The molecule has 0 aromatic heterocycles. The molecule has 0 radical (unpaired) electrons. The lowest BCUT2D eigenvalue weighted by atomic mass is 9.52. The maximum Gasteiger partial charge on any atom is 0.115 e. The minimum absolute atomic E-state index is 0.359. The van der Waals surface area contributed by atoms with Gasteiger partial charge in [-0.15, -0.1) is 0 Å². The molecule has 4 rings (SSSR count). The highest BCUT2D eigenvalue weighted by molar-refractivity contribution is 5.45. The molecule has 1 N–H and O–H groups in total. The van der Waals surface area contributed by atoms with Gasteiger partial charge in [-0.1, -0.05) is 32.3 Å². The van der Waals surface area contributed by atoms with Crippen molar-refractivity contribution in [2.24, 2.45) is 5.92 Å². The summed E-state index contributed by atoms with van der Waals surface area (Å²) in [6.45, 7) is 5.99. The Morgan fingerprint density at radius 3 is 3.00 bits per heavy atom. The molecule has 0 amide bonds. The molecule has 2 unspecified atom stereocenters. The summed E-state index contributed by atoms with van der Waals surface area (Å²) in [7, 11) is 0. The Morgan fingerprint density at radius 1 is 1.30 bits per heavy atom. The summed E-state index contributed by atoms with van der Waals surface area (Å²) in [4.78, 5) is 2.84. The van der Waals surface area contributed by atoms with E-state index in [1.54, 1.807) is 0 Å². The Hall–Kier alpha value is -1.02. The molecule has 1 saturated carbocycles. The molecule has 23 heavy (non-hydrogen) atoms. The van der Waals surface area contributed by atoms with Crippen molar-refractivity contribution in [1.82, 2.24) is 4.90 Å². The van der Waals surface area contributed by atoms with E-state index in [2.05, 4.69) is 30.9 Å². The number of aromatic hydroxyl groups is 1. The van der Waals surface area contributed by atoms with Gasteiger partial charge in [0.2, 0.25) is 0 Å². The lowest BCUT2D eigenvalue weighted by molar-refractivity contribution is -0.0317. The van der Waals surface area contributed by atoms with Crippen LogP contribution < -0.4 is 0 Å². The van der Waals surface area contributed by atoms with Gasteiger partial charge in [0.25, 0.3) is 0 Å². The van der Waals surface area contributed by atoms with Gasteiger partial charge >= 0.3 is 0 Å². The van der Waals surface area contributed by atoms with E-state index in [1.165, 1.54) is 69.0 Å². The van der Waals surface area contributed by atoms with Crippen LogP contribution >= 0.6 is 0 Å². The van der Waals surface area contributed by atoms with Crippen LogP contribution in [-0.4, -0.2) is 28.6 Å². The number of piperidine rings is 1. The van der Waals surface area contributed by atoms with Crippen LogP contribution in [0.4, 0.5) is 0 Å². The summed E-state index contributed by atoms with van der Waals surface area (Å²) in [6.07, 6.45) is 10.6. The zero-order valence-electron chi connectivity index (χ0n) is 14.7. The highest BCUT2D eigenvalue weighted by Gasteiger charge is 2.54. The molecule has 2 bridgehead atoms. The minimum Gasteiger partial charge on any atom is -0.508 e. The summed E-state index contributed by atoms with van der Waals surface area (Å²) in [5, 5.41) is 10.1. The molecule has 1 aromatic carbocycles. The Balaban J connectivity index is 1.76. The number of likely N-dealkylation sites (tertiary alicyclic amines) is 1. The first-order valence-electron chi connectivity index (χ1n) is 9.74. The monoisotopic (exact) mass is 313 g/mol. The number of hydrogen-bond acceptors (Lipinski definition) is 2. The highest BCUT2D eigenvalue weighted by atomic mass is 16.3. The van der Waals surface area contributed by atoms with Crippen molar-refractivity contribution < 1.29 is 5.11 Å². The third kappa shape index (κ3) is 2.33. The van der Waals surface area contributed by atoms with Gasteiger partial charge in [-0.05, 0) is 74.8 Å². The molecule has 2 heteroatoms. The fraction of sp³-hybridized carbons (Fsp3) is 0.714. The van der Waals surface area contributed by atoms with Gasteiger partial charge < -0.3 is 5.11 Å². The highest BCUT2D eigenvalue weighted by Crippen LogP contribution is 2.56. The Labute approximate surface area is 140 Å². The summed E-state index contributed by atoms with van der Waals surface area (Å²) < 4.78 is 0. The number of benzene rings is 1. The maximum absolute atomic E-state index is 10.1. The molecule has 1 heterocycles. The van der Waals surface area contributed by atoms with Gasteiger partial charge in [0, 0.05) is 17.5 Å². The average molecular weight is 313 g/mol. The van der Waals surface area contributed by atoms with E-state index < -0.39 is 0 Å². The van der Waals surface area contributed by atoms with Crippen LogP contribution in [0.5, 0.6) is 5.75 Å². The first-order chi connectivity index (χ1) is 11.2. The number of phenols is 1. The summed E-state index contributed by atoms with van der Waals surface area (Å²) >= 11 is 0. The molecule has 0 spiro atoms. The van der Waals surface area contributed by atoms with E-state index in [0.717, 1.165) is 12.0 Å². The van der Waals surface area contributed by atoms with Gasteiger partial charge in [0.1, 0.15) is 5.75 Å². The topological polar surface area (TPSA) is 23.5 Å². The van der Waals surface area contributed by atoms with Gasteiger partial charge in [-0.25, -0.2) is 0 Å². The predicted molar refractivity (Wildman–Crippen MR) is 94.9 cm³/mol. The fourth-order valence-electron chi connectivity index (χ4n) is 6.15. The number of hydrogen-bond donors (Lipinski definition) is 1. The van der Waals surface area contributed by atoms with E-state index in [0.29, 0.717) is 17.2 Å². The third-order valence-corrected chi connectivity index (χ3v) is 7.14. The molecule has 2 nitrogen and oxygen atoms in total. The standard InChI is InChI=1S/C21H31NO/c1-3-6-15(2)22-12-11-21-10-5-4-7-18(21)20(22)13-16-8-9-17(23)14-19(16)21/h8-9,14-15,18,20,23H,3-7,10-13H2,1-2H3/t15-,18?,20?,21-/m1/s1.